The highest BCUT2D eigenvalue weighted by molar-refractivity contribution is 5.81. The summed E-state index contributed by atoms with van der Waals surface area (Å²) in [5.74, 6) is 1.25. The number of ether oxygens (including phenoxy) is 3. The minimum absolute atomic E-state index is 0.180. The minimum atomic E-state index is -0.426. The fourth-order valence-electron chi connectivity index (χ4n) is 3.40. The van der Waals surface area contributed by atoms with Gasteiger partial charge in [0.25, 0.3) is 0 Å². The fraction of sp³-hybridized carbons (Fsp3) is 0.154. The molecule has 1 N–H and O–H groups in total. The van der Waals surface area contributed by atoms with Gasteiger partial charge in [-0.2, -0.15) is 0 Å². The lowest BCUT2D eigenvalue weighted by atomic mass is 10.1. The van der Waals surface area contributed by atoms with Crippen LogP contribution in [0.2, 0.25) is 0 Å². The van der Waals surface area contributed by atoms with Gasteiger partial charge in [0.1, 0.15) is 5.82 Å². The van der Waals surface area contributed by atoms with Crippen LogP contribution in [0.4, 0.5) is 0 Å². The molecule has 0 saturated carbocycles. The van der Waals surface area contributed by atoms with Gasteiger partial charge in [0.05, 0.1) is 25.1 Å². The zero-order valence-electron chi connectivity index (χ0n) is 18.0. The first-order chi connectivity index (χ1) is 15.7. The molecule has 4 rings (SSSR count). The van der Waals surface area contributed by atoms with E-state index in [1.165, 1.54) is 0 Å². The summed E-state index contributed by atoms with van der Waals surface area (Å²) in [6, 6.07) is 25.6. The Morgan fingerprint density at radius 3 is 2.22 bits per heavy atom. The van der Waals surface area contributed by atoms with E-state index in [4.69, 9.17) is 19.2 Å². The standard InChI is InChI=1S/C26H24N2O4/c1-3-31-23(29)17-32-21-15-14-20(16-22(21)30-2)26-27-24(18-10-6-4-7-11-18)25(28-26)19-12-8-5-9-13-19/h4-16H,3,17H2,1-2H3,(H,27,28). The van der Waals surface area contributed by atoms with Crippen molar-refractivity contribution in [3.8, 4) is 45.4 Å². The van der Waals surface area contributed by atoms with Gasteiger partial charge >= 0.3 is 5.97 Å². The number of nitrogens with one attached hydrogen (secondary N) is 1. The van der Waals surface area contributed by atoms with E-state index >= 15 is 0 Å². The monoisotopic (exact) mass is 428 g/mol. The number of hydrogen-bond donors (Lipinski definition) is 1. The Kier molecular flexibility index (Phi) is 6.51. The zero-order valence-corrected chi connectivity index (χ0v) is 18.0. The predicted molar refractivity (Wildman–Crippen MR) is 124 cm³/mol. The number of H-pyrrole nitrogens is 1. The third-order valence-electron chi connectivity index (χ3n) is 4.90. The van der Waals surface area contributed by atoms with E-state index in [9.17, 15) is 4.79 Å². The molecule has 0 aliphatic rings. The van der Waals surface area contributed by atoms with Crippen LogP contribution in [0.5, 0.6) is 11.5 Å². The summed E-state index contributed by atoms with van der Waals surface area (Å²) in [5.41, 5.74) is 4.72. The van der Waals surface area contributed by atoms with Crippen molar-refractivity contribution < 1.29 is 19.0 Å². The first-order valence-electron chi connectivity index (χ1n) is 10.4. The SMILES string of the molecule is CCOC(=O)COc1ccc(-c2nc(-c3ccccc3)c(-c3ccccc3)[nH]2)cc1OC. The summed E-state index contributed by atoms with van der Waals surface area (Å²) < 4.78 is 16.0. The molecule has 0 bridgehead atoms. The second kappa shape index (κ2) is 9.83. The Bertz CT molecular complexity index is 1130. The molecule has 0 aliphatic heterocycles. The molecule has 32 heavy (non-hydrogen) atoms. The maximum atomic E-state index is 11.6. The van der Waals surface area contributed by atoms with E-state index in [2.05, 4.69) is 17.1 Å². The number of imidazole rings is 1. The molecule has 0 atom stereocenters. The molecule has 1 aromatic heterocycles. The summed E-state index contributed by atoms with van der Waals surface area (Å²) >= 11 is 0. The van der Waals surface area contributed by atoms with Crippen molar-refractivity contribution in [1.29, 1.82) is 0 Å². The molecule has 0 fully saturated rings. The first-order valence-corrected chi connectivity index (χ1v) is 10.4. The lowest BCUT2D eigenvalue weighted by Gasteiger charge is -2.11. The number of carbonyl (C=O) groups is 1. The molecule has 3 aromatic carbocycles. The number of aromatic nitrogens is 2. The van der Waals surface area contributed by atoms with Crippen LogP contribution >= 0.6 is 0 Å². The van der Waals surface area contributed by atoms with Gasteiger partial charge in [0, 0.05) is 16.7 Å². The van der Waals surface area contributed by atoms with Crippen molar-refractivity contribution in [1.82, 2.24) is 9.97 Å². The van der Waals surface area contributed by atoms with Crippen LogP contribution < -0.4 is 9.47 Å². The van der Waals surface area contributed by atoms with E-state index < -0.39 is 5.97 Å². The summed E-state index contributed by atoms with van der Waals surface area (Å²) in [6.07, 6.45) is 0. The van der Waals surface area contributed by atoms with Crippen LogP contribution in [0.25, 0.3) is 33.9 Å². The third-order valence-corrected chi connectivity index (χ3v) is 4.90. The Hall–Kier alpha value is -4.06. The topological polar surface area (TPSA) is 73.4 Å². The Morgan fingerprint density at radius 1 is 0.875 bits per heavy atom. The number of benzene rings is 3. The second-order valence-electron chi connectivity index (χ2n) is 7.00. The van der Waals surface area contributed by atoms with Gasteiger partial charge in [-0.05, 0) is 25.1 Å². The number of methoxy groups -OCH3 is 1. The molecule has 0 amide bonds. The Morgan fingerprint density at radius 2 is 1.56 bits per heavy atom. The van der Waals surface area contributed by atoms with Crippen LogP contribution in [0, 0.1) is 0 Å². The Balaban J connectivity index is 1.70. The zero-order chi connectivity index (χ0) is 22.3. The smallest absolute Gasteiger partial charge is 0.344 e. The first kappa shape index (κ1) is 21.2. The van der Waals surface area contributed by atoms with Crippen LogP contribution in [-0.4, -0.2) is 36.3 Å². The van der Waals surface area contributed by atoms with Crippen molar-refractivity contribution in [3.63, 3.8) is 0 Å². The van der Waals surface area contributed by atoms with Crippen LogP contribution in [0.3, 0.4) is 0 Å². The number of carbonyl (C=O) groups excluding carboxylic acids is 1. The van der Waals surface area contributed by atoms with Gasteiger partial charge < -0.3 is 19.2 Å². The third kappa shape index (κ3) is 4.64. The molecule has 162 valence electrons. The van der Waals surface area contributed by atoms with Crippen LogP contribution in [0.15, 0.2) is 78.9 Å². The predicted octanol–water partition coefficient (Wildman–Crippen LogP) is 5.36. The number of aromatic amines is 1. The van der Waals surface area contributed by atoms with Gasteiger partial charge in [-0.1, -0.05) is 60.7 Å². The average Bonchev–Trinajstić information content (AvgIpc) is 3.29. The molecule has 4 aromatic rings. The normalized spacial score (nSPS) is 10.6. The van der Waals surface area contributed by atoms with Gasteiger partial charge in [0.15, 0.2) is 18.1 Å². The van der Waals surface area contributed by atoms with E-state index in [0.717, 1.165) is 28.1 Å². The minimum Gasteiger partial charge on any atom is -0.493 e. The number of rotatable bonds is 8. The molecule has 0 spiro atoms. The molecule has 0 aliphatic carbocycles. The summed E-state index contributed by atoms with van der Waals surface area (Å²) in [6.45, 7) is 1.88. The van der Waals surface area contributed by atoms with Crippen LogP contribution in [0.1, 0.15) is 6.92 Å². The van der Waals surface area contributed by atoms with E-state index in [-0.39, 0.29) is 6.61 Å². The van der Waals surface area contributed by atoms with Gasteiger partial charge in [0.2, 0.25) is 0 Å². The molecule has 1 heterocycles. The van der Waals surface area contributed by atoms with Crippen molar-refractivity contribution in [2.75, 3.05) is 20.3 Å². The summed E-state index contributed by atoms with van der Waals surface area (Å²) in [4.78, 5) is 20.0. The molecule has 0 radical (unpaired) electrons. The molecule has 0 unspecified atom stereocenters. The summed E-state index contributed by atoms with van der Waals surface area (Å²) in [5, 5.41) is 0. The van der Waals surface area contributed by atoms with Crippen molar-refractivity contribution in [2.24, 2.45) is 0 Å². The van der Waals surface area contributed by atoms with Crippen molar-refractivity contribution in [2.45, 2.75) is 6.92 Å². The lowest BCUT2D eigenvalue weighted by molar-refractivity contribution is -0.145. The largest absolute Gasteiger partial charge is 0.493 e. The fourth-order valence-corrected chi connectivity index (χ4v) is 3.40. The molecule has 6 nitrogen and oxygen atoms in total. The molecular formula is C26H24N2O4. The molecule has 0 saturated heterocycles. The highest BCUT2D eigenvalue weighted by Gasteiger charge is 2.17. The van der Waals surface area contributed by atoms with Gasteiger partial charge in [-0.15, -0.1) is 0 Å². The number of nitrogens with zero attached hydrogens (tertiary/aromatic N) is 1. The maximum Gasteiger partial charge on any atom is 0.344 e. The number of hydrogen-bond acceptors (Lipinski definition) is 5. The average molecular weight is 428 g/mol. The van der Waals surface area contributed by atoms with Crippen LogP contribution in [-0.2, 0) is 9.53 Å². The van der Waals surface area contributed by atoms with E-state index in [0.29, 0.717) is 23.9 Å². The van der Waals surface area contributed by atoms with E-state index in [1.54, 1.807) is 20.1 Å². The highest BCUT2D eigenvalue weighted by Crippen LogP contribution is 2.36. The highest BCUT2D eigenvalue weighted by atomic mass is 16.6. The van der Waals surface area contributed by atoms with Crippen molar-refractivity contribution >= 4 is 5.97 Å². The molecular weight excluding hydrogens is 404 g/mol. The quantitative estimate of drug-likeness (QED) is 0.383. The maximum absolute atomic E-state index is 11.6. The second-order valence-corrected chi connectivity index (χ2v) is 7.00. The summed E-state index contributed by atoms with van der Waals surface area (Å²) in [7, 11) is 1.56. The van der Waals surface area contributed by atoms with Gasteiger partial charge in [-0.3, -0.25) is 0 Å². The number of esters is 1. The van der Waals surface area contributed by atoms with E-state index in [1.807, 2.05) is 60.7 Å². The van der Waals surface area contributed by atoms with Gasteiger partial charge in [-0.25, -0.2) is 9.78 Å². The lowest BCUT2D eigenvalue weighted by Crippen LogP contribution is -2.14. The Labute approximate surface area is 186 Å². The molecule has 6 heteroatoms. The van der Waals surface area contributed by atoms with Crippen molar-refractivity contribution in [3.05, 3.63) is 78.9 Å².